The number of hydrogen-bond donors (Lipinski definition) is 1. The third-order valence-electron chi connectivity index (χ3n) is 3.43. The van der Waals surface area contributed by atoms with Crippen molar-refractivity contribution in [3.05, 3.63) is 24.0 Å². The van der Waals surface area contributed by atoms with Gasteiger partial charge in [-0.25, -0.2) is 9.78 Å². The van der Waals surface area contributed by atoms with Crippen molar-refractivity contribution in [3.63, 3.8) is 0 Å². The molecule has 0 spiro atoms. The summed E-state index contributed by atoms with van der Waals surface area (Å²) in [6.45, 7) is 4.07. The minimum Gasteiger partial charge on any atom is -0.476 e. The largest absolute Gasteiger partial charge is 0.476 e. The van der Waals surface area contributed by atoms with Crippen LogP contribution in [0.1, 0.15) is 36.7 Å². The molecule has 1 N–H and O–H groups in total. The zero-order valence-corrected chi connectivity index (χ0v) is 10.1. The van der Waals surface area contributed by atoms with E-state index in [1.807, 2.05) is 6.07 Å². The molecule has 1 atom stereocenters. The first-order valence-corrected chi connectivity index (χ1v) is 6.15. The summed E-state index contributed by atoms with van der Waals surface area (Å²) in [5, 5.41) is 9.13. The molecule has 1 aliphatic heterocycles. The average molecular weight is 234 g/mol. The molecule has 0 amide bonds. The summed E-state index contributed by atoms with van der Waals surface area (Å²) in [6.07, 6.45) is 5.06. The fourth-order valence-electron chi connectivity index (χ4n) is 2.43. The number of rotatable bonds is 3. The molecule has 17 heavy (non-hydrogen) atoms. The number of piperidine rings is 1. The number of hydrogen-bond acceptors (Lipinski definition) is 3. The van der Waals surface area contributed by atoms with Crippen molar-refractivity contribution in [1.82, 2.24) is 4.98 Å². The number of nitrogens with zero attached hydrogens (tertiary/aromatic N) is 2. The number of aromatic nitrogens is 1. The van der Waals surface area contributed by atoms with Crippen molar-refractivity contribution < 1.29 is 9.90 Å². The summed E-state index contributed by atoms with van der Waals surface area (Å²) in [4.78, 5) is 17.3. The molecule has 0 bridgehead atoms. The molecule has 0 unspecified atom stereocenters. The molecule has 2 heterocycles. The van der Waals surface area contributed by atoms with E-state index in [4.69, 9.17) is 5.11 Å². The fraction of sp³-hybridized carbons (Fsp3) is 0.538. The van der Waals surface area contributed by atoms with E-state index in [0.29, 0.717) is 5.92 Å². The van der Waals surface area contributed by atoms with Crippen LogP contribution in [0, 0.1) is 5.92 Å². The van der Waals surface area contributed by atoms with E-state index in [1.165, 1.54) is 12.6 Å². The number of anilines is 1. The minimum absolute atomic E-state index is 0.171. The van der Waals surface area contributed by atoms with Gasteiger partial charge < -0.3 is 10.0 Å². The molecule has 0 aliphatic carbocycles. The Balaban J connectivity index is 2.24. The third-order valence-corrected chi connectivity index (χ3v) is 3.43. The van der Waals surface area contributed by atoms with Crippen molar-refractivity contribution >= 4 is 11.7 Å². The van der Waals surface area contributed by atoms with Crippen LogP contribution in [-0.2, 0) is 0 Å². The van der Waals surface area contributed by atoms with Crippen molar-refractivity contribution in [3.8, 4) is 0 Å². The maximum Gasteiger partial charge on any atom is 0.356 e. The zero-order valence-electron chi connectivity index (χ0n) is 10.1. The quantitative estimate of drug-likeness (QED) is 0.872. The van der Waals surface area contributed by atoms with Crippen LogP contribution in [0.2, 0.25) is 0 Å². The van der Waals surface area contributed by atoms with Crippen LogP contribution >= 0.6 is 0 Å². The molecule has 0 radical (unpaired) electrons. The summed E-state index contributed by atoms with van der Waals surface area (Å²) in [5.74, 6) is -0.273. The van der Waals surface area contributed by atoms with Gasteiger partial charge in [-0.3, -0.25) is 0 Å². The van der Waals surface area contributed by atoms with Gasteiger partial charge in [-0.1, -0.05) is 13.3 Å². The summed E-state index contributed by atoms with van der Waals surface area (Å²) >= 11 is 0. The van der Waals surface area contributed by atoms with E-state index in [0.717, 1.165) is 31.6 Å². The van der Waals surface area contributed by atoms with Crippen LogP contribution in [0.25, 0.3) is 0 Å². The molecule has 0 aromatic carbocycles. The predicted molar refractivity (Wildman–Crippen MR) is 66.4 cm³/mol. The van der Waals surface area contributed by atoms with Gasteiger partial charge >= 0.3 is 5.97 Å². The van der Waals surface area contributed by atoms with Crippen molar-refractivity contribution in [1.29, 1.82) is 0 Å². The molecule has 4 heteroatoms. The monoisotopic (exact) mass is 234 g/mol. The van der Waals surface area contributed by atoms with Gasteiger partial charge in [0.1, 0.15) is 0 Å². The summed E-state index contributed by atoms with van der Waals surface area (Å²) in [6, 6.07) is 3.66. The van der Waals surface area contributed by atoms with Crippen molar-refractivity contribution in [2.24, 2.45) is 5.92 Å². The second-order valence-electron chi connectivity index (χ2n) is 4.54. The van der Waals surface area contributed by atoms with Crippen LogP contribution in [0.3, 0.4) is 0 Å². The van der Waals surface area contributed by atoms with E-state index in [2.05, 4.69) is 16.8 Å². The Labute approximate surface area is 101 Å². The smallest absolute Gasteiger partial charge is 0.356 e. The topological polar surface area (TPSA) is 53.4 Å². The molecule has 1 aromatic rings. The summed E-state index contributed by atoms with van der Waals surface area (Å²) in [7, 11) is 0. The van der Waals surface area contributed by atoms with Gasteiger partial charge in [-0.15, -0.1) is 0 Å². The molecule has 1 aliphatic rings. The van der Waals surface area contributed by atoms with Gasteiger partial charge in [0, 0.05) is 19.3 Å². The lowest BCUT2D eigenvalue weighted by atomic mass is 9.95. The highest BCUT2D eigenvalue weighted by Gasteiger charge is 2.22. The van der Waals surface area contributed by atoms with Crippen LogP contribution in [0.5, 0.6) is 0 Å². The van der Waals surface area contributed by atoms with Crippen LogP contribution in [0.4, 0.5) is 5.69 Å². The van der Waals surface area contributed by atoms with E-state index in [-0.39, 0.29) is 5.69 Å². The Morgan fingerprint density at radius 2 is 2.47 bits per heavy atom. The Morgan fingerprint density at radius 3 is 3.18 bits per heavy atom. The number of carboxylic acid groups (broad SMARTS) is 1. The first kappa shape index (κ1) is 11.9. The SMILES string of the molecule is CC[C@@H]1CCCN(c2cccnc2C(=O)O)C1. The van der Waals surface area contributed by atoms with E-state index in [9.17, 15) is 4.79 Å². The van der Waals surface area contributed by atoms with Gasteiger partial charge in [-0.05, 0) is 30.9 Å². The minimum atomic E-state index is -0.945. The van der Waals surface area contributed by atoms with E-state index < -0.39 is 5.97 Å². The Morgan fingerprint density at radius 1 is 1.65 bits per heavy atom. The Bertz CT molecular complexity index is 406. The van der Waals surface area contributed by atoms with Gasteiger partial charge in [0.25, 0.3) is 0 Å². The molecular weight excluding hydrogens is 216 g/mol. The average Bonchev–Trinajstić information content (AvgIpc) is 2.39. The van der Waals surface area contributed by atoms with Gasteiger partial charge in [0.15, 0.2) is 5.69 Å². The Kier molecular flexibility index (Phi) is 3.61. The number of pyridine rings is 1. The number of aromatic carboxylic acids is 1. The molecular formula is C13H18N2O2. The lowest BCUT2D eigenvalue weighted by Gasteiger charge is -2.34. The van der Waals surface area contributed by atoms with Crippen molar-refractivity contribution in [2.45, 2.75) is 26.2 Å². The lowest BCUT2D eigenvalue weighted by Crippen LogP contribution is -2.36. The summed E-state index contributed by atoms with van der Waals surface area (Å²) < 4.78 is 0. The lowest BCUT2D eigenvalue weighted by molar-refractivity contribution is 0.0691. The zero-order chi connectivity index (χ0) is 12.3. The first-order valence-electron chi connectivity index (χ1n) is 6.15. The third kappa shape index (κ3) is 2.57. The molecule has 2 rings (SSSR count). The van der Waals surface area contributed by atoms with E-state index >= 15 is 0 Å². The van der Waals surface area contributed by atoms with Crippen LogP contribution in [-0.4, -0.2) is 29.1 Å². The fourth-order valence-corrected chi connectivity index (χ4v) is 2.43. The van der Waals surface area contributed by atoms with Crippen molar-refractivity contribution in [2.75, 3.05) is 18.0 Å². The number of carboxylic acids is 1. The van der Waals surface area contributed by atoms with Gasteiger partial charge in [-0.2, -0.15) is 0 Å². The molecule has 1 aromatic heterocycles. The van der Waals surface area contributed by atoms with Crippen LogP contribution < -0.4 is 4.90 Å². The second kappa shape index (κ2) is 5.17. The van der Waals surface area contributed by atoms with Crippen LogP contribution in [0.15, 0.2) is 18.3 Å². The normalized spacial score (nSPS) is 20.3. The van der Waals surface area contributed by atoms with E-state index in [1.54, 1.807) is 6.07 Å². The standard InChI is InChI=1S/C13H18N2O2/c1-2-10-5-4-8-15(9-10)11-6-3-7-14-12(11)13(16)17/h3,6-7,10H,2,4-5,8-9H2,1H3,(H,16,17)/t10-/m1/s1. The number of carbonyl (C=O) groups is 1. The first-order chi connectivity index (χ1) is 8.22. The highest BCUT2D eigenvalue weighted by molar-refractivity contribution is 5.92. The second-order valence-corrected chi connectivity index (χ2v) is 4.54. The molecule has 0 saturated carbocycles. The highest BCUT2D eigenvalue weighted by Crippen LogP contribution is 2.26. The van der Waals surface area contributed by atoms with Gasteiger partial charge in [0.2, 0.25) is 0 Å². The molecule has 4 nitrogen and oxygen atoms in total. The molecule has 1 fully saturated rings. The highest BCUT2D eigenvalue weighted by atomic mass is 16.4. The maximum atomic E-state index is 11.1. The van der Waals surface area contributed by atoms with Gasteiger partial charge in [0.05, 0.1) is 5.69 Å². The molecule has 1 saturated heterocycles. The predicted octanol–water partition coefficient (Wildman–Crippen LogP) is 2.41. The maximum absolute atomic E-state index is 11.1. The summed E-state index contributed by atoms with van der Waals surface area (Å²) in [5.41, 5.74) is 0.933. The Hall–Kier alpha value is -1.58. The molecule has 92 valence electrons.